The van der Waals surface area contributed by atoms with Crippen LogP contribution in [0, 0.1) is 0 Å². The van der Waals surface area contributed by atoms with Gasteiger partial charge in [-0.25, -0.2) is 0 Å². The van der Waals surface area contributed by atoms with E-state index in [4.69, 9.17) is 39.0 Å². The van der Waals surface area contributed by atoms with Crippen LogP contribution >= 0.6 is 33.2 Å². The first-order valence-electron chi connectivity index (χ1n) is 3.86. The summed E-state index contributed by atoms with van der Waals surface area (Å²) >= 11 is 17.0. The standard InChI is InChI=1S/C6H11Cl3N2O2Si/c1-4(14(7,8)9)2-5(12)11-6(13)3-10/h4H,2-3,10H2,1H3,(H,11,12,13). The van der Waals surface area contributed by atoms with Gasteiger partial charge in [0, 0.05) is 12.0 Å². The summed E-state index contributed by atoms with van der Waals surface area (Å²) < 4.78 is 0. The molecule has 0 saturated carbocycles. The van der Waals surface area contributed by atoms with Crippen LogP contribution in [0.1, 0.15) is 13.3 Å². The molecule has 0 rings (SSSR count). The van der Waals surface area contributed by atoms with Crippen LogP contribution in [0.15, 0.2) is 0 Å². The Morgan fingerprint density at radius 2 is 1.86 bits per heavy atom. The van der Waals surface area contributed by atoms with Crippen molar-refractivity contribution < 1.29 is 9.59 Å². The normalized spacial score (nSPS) is 13.5. The molecule has 0 aliphatic heterocycles. The number of rotatable bonds is 4. The third-order valence-electron chi connectivity index (χ3n) is 1.51. The minimum absolute atomic E-state index is 0.0223. The maximum Gasteiger partial charge on any atom is 0.344 e. The molecular weight excluding hydrogens is 267 g/mol. The van der Waals surface area contributed by atoms with Gasteiger partial charge >= 0.3 is 6.00 Å². The van der Waals surface area contributed by atoms with Gasteiger partial charge in [-0.3, -0.25) is 14.9 Å². The van der Waals surface area contributed by atoms with Crippen LogP contribution in [-0.2, 0) is 9.59 Å². The summed E-state index contributed by atoms with van der Waals surface area (Å²) in [5.74, 6) is -1.00. The second-order valence-corrected chi connectivity index (χ2v) is 12.0. The van der Waals surface area contributed by atoms with Gasteiger partial charge < -0.3 is 5.73 Å². The van der Waals surface area contributed by atoms with Gasteiger partial charge in [-0.1, -0.05) is 6.92 Å². The van der Waals surface area contributed by atoms with Crippen molar-refractivity contribution in [3.05, 3.63) is 0 Å². The maximum absolute atomic E-state index is 11.1. The number of carbonyl (C=O) groups excluding carboxylic acids is 2. The van der Waals surface area contributed by atoms with E-state index >= 15 is 0 Å². The van der Waals surface area contributed by atoms with Crippen molar-refractivity contribution in [2.24, 2.45) is 5.73 Å². The molecule has 1 atom stereocenters. The van der Waals surface area contributed by atoms with Gasteiger partial charge in [-0.05, 0) is 0 Å². The largest absolute Gasteiger partial charge is 0.344 e. The van der Waals surface area contributed by atoms with Gasteiger partial charge in [0.05, 0.1) is 6.54 Å². The number of halogens is 3. The molecule has 14 heavy (non-hydrogen) atoms. The lowest BCUT2D eigenvalue weighted by Gasteiger charge is -2.16. The highest BCUT2D eigenvalue weighted by Gasteiger charge is 2.34. The molecule has 0 aliphatic rings. The monoisotopic (exact) mass is 276 g/mol. The Labute approximate surface area is 97.2 Å². The number of imide groups is 1. The summed E-state index contributed by atoms with van der Waals surface area (Å²) in [4.78, 5) is 21.8. The van der Waals surface area contributed by atoms with Crippen molar-refractivity contribution in [1.29, 1.82) is 0 Å². The molecule has 4 nitrogen and oxygen atoms in total. The molecule has 0 radical (unpaired) electrons. The number of nitrogens with two attached hydrogens (primary N) is 1. The van der Waals surface area contributed by atoms with E-state index in [1.165, 1.54) is 0 Å². The number of nitrogens with one attached hydrogen (secondary N) is 1. The van der Waals surface area contributed by atoms with Gasteiger partial charge in [0.25, 0.3) is 0 Å². The second kappa shape index (κ2) is 5.92. The van der Waals surface area contributed by atoms with E-state index in [0.717, 1.165) is 0 Å². The average molecular weight is 278 g/mol. The van der Waals surface area contributed by atoms with Crippen LogP contribution in [0.25, 0.3) is 0 Å². The highest BCUT2D eigenvalue weighted by Crippen LogP contribution is 2.35. The molecule has 0 heterocycles. The van der Waals surface area contributed by atoms with E-state index < -0.39 is 17.8 Å². The Morgan fingerprint density at radius 3 is 2.21 bits per heavy atom. The van der Waals surface area contributed by atoms with Gasteiger partial charge in [0.15, 0.2) is 0 Å². The first kappa shape index (κ1) is 14.2. The predicted octanol–water partition coefficient (Wildman–Crippen LogP) is 1.02. The number of amides is 2. The molecule has 0 aromatic rings. The van der Waals surface area contributed by atoms with Crippen LogP contribution in [0.3, 0.4) is 0 Å². The predicted molar refractivity (Wildman–Crippen MR) is 59.6 cm³/mol. The molecule has 0 aliphatic carbocycles. The second-order valence-electron chi connectivity index (χ2n) is 2.82. The van der Waals surface area contributed by atoms with E-state index in [-0.39, 0.29) is 18.5 Å². The van der Waals surface area contributed by atoms with E-state index in [0.29, 0.717) is 0 Å². The lowest BCUT2D eigenvalue weighted by atomic mass is 10.3. The van der Waals surface area contributed by atoms with Crippen molar-refractivity contribution >= 4 is 51.1 Å². The molecule has 0 saturated heterocycles. The molecule has 1 unspecified atom stereocenters. The third-order valence-corrected chi connectivity index (χ3v) is 6.19. The Kier molecular flexibility index (Phi) is 6.00. The fourth-order valence-electron chi connectivity index (χ4n) is 0.651. The molecule has 3 N–H and O–H groups in total. The van der Waals surface area contributed by atoms with E-state index in [1.54, 1.807) is 6.92 Å². The van der Waals surface area contributed by atoms with E-state index in [9.17, 15) is 9.59 Å². The average Bonchev–Trinajstić information content (AvgIpc) is 2.02. The summed E-state index contributed by atoms with van der Waals surface area (Å²) in [5.41, 5.74) is 4.67. The van der Waals surface area contributed by atoms with Crippen molar-refractivity contribution in [2.45, 2.75) is 18.9 Å². The van der Waals surface area contributed by atoms with Crippen LogP contribution < -0.4 is 11.1 Å². The van der Waals surface area contributed by atoms with Crippen LogP contribution in [0.2, 0.25) is 5.54 Å². The molecule has 82 valence electrons. The molecular formula is C6H11Cl3N2O2Si. The fourth-order valence-corrected chi connectivity index (χ4v) is 1.76. The molecule has 2 amide bonds. The first-order valence-corrected chi connectivity index (χ1v) is 8.98. The zero-order valence-electron chi connectivity index (χ0n) is 7.52. The van der Waals surface area contributed by atoms with E-state index in [1.807, 2.05) is 0 Å². The van der Waals surface area contributed by atoms with Crippen LogP contribution in [0.4, 0.5) is 0 Å². The molecule has 0 aromatic heterocycles. The van der Waals surface area contributed by atoms with Gasteiger partial charge in [-0.2, -0.15) is 0 Å². The van der Waals surface area contributed by atoms with Crippen LogP contribution in [-0.4, -0.2) is 24.4 Å². The molecule has 0 spiro atoms. The Hall–Kier alpha value is 0.187. The fraction of sp³-hybridized carbons (Fsp3) is 0.667. The smallest absolute Gasteiger partial charge is 0.322 e. The van der Waals surface area contributed by atoms with Crippen molar-refractivity contribution in [2.75, 3.05) is 6.54 Å². The Morgan fingerprint density at radius 1 is 1.36 bits per heavy atom. The van der Waals surface area contributed by atoms with Gasteiger partial charge in [0.2, 0.25) is 11.8 Å². The maximum atomic E-state index is 11.1. The van der Waals surface area contributed by atoms with Gasteiger partial charge in [-0.15, -0.1) is 33.2 Å². The lowest BCUT2D eigenvalue weighted by Crippen LogP contribution is -2.36. The molecule has 8 heteroatoms. The molecule has 0 bridgehead atoms. The highest BCUT2D eigenvalue weighted by molar-refractivity contribution is 7.65. The van der Waals surface area contributed by atoms with Crippen molar-refractivity contribution in [3.63, 3.8) is 0 Å². The minimum atomic E-state index is -2.87. The first-order chi connectivity index (χ1) is 6.27. The SMILES string of the molecule is CC(CC(=O)NC(=O)CN)[Si](Cl)(Cl)Cl. The summed E-state index contributed by atoms with van der Waals surface area (Å²) in [5, 5.41) is 2.08. The summed E-state index contributed by atoms with van der Waals surface area (Å²) in [6, 6.07) is -2.87. The van der Waals surface area contributed by atoms with Gasteiger partial charge in [0.1, 0.15) is 0 Å². The summed E-state index contributed by atoms with van der Waals surface area (Å²) in [6.45, 7) is 1.43. The zero-order valence-corrected chi connectivity index (χ0v) is 10.8. The highest BCUT2D eigenvalue weighted by atomic mass is 35.8. The van der Waals surface area contributed by atoms with Crippen LogP contribution in [0.5, 0.6) is 0 Å². The molecule has 0 fully saturated rings. The minimum Gasteiger partial charge on any atom is -0.322 e. The van der Waals surface area contributed by atoms with E-state index in [2.05, 4.69) is 5.32 Å². The summed E-state index contributed by atoms with van der Waals surface area (Å²) in [6.07, 6.45) is 0.0223. The number of carbonyl (C=O) groups is 2. The Bertz CT molecular complexity index is 232. The lowest BCUT2D eigenvalue weighted by molar-refractivity contribution is -0.129. The topological polar surface area (TPSA) is 72.2 Å². The van der Waals surface area contributed by atoms with Crippen molar-refractivity contribution in [3.8, 4) is 0 Å². The summed E-state index contributed by atoms with van der Waals surface area (Å²) in [7, 11) is 0. The third kappa shape index (κ3) is 5.82. The van der Waals surface area contributed by atoms with Crippen molar-refractivity contribution in [1.82, 2.24) is 5.32 Å². The number of hydrogen-bond donors (Lipinski definition) is 2. The number of hydrogen-bond acceptors (Lipinski definition) is 3. The Balaban J connectivity index is 4.01. The zero-order chi connectivity index (χ0) is 11.4. The molecule has 0 aromatic carbocycles. The quantitative estimate of drug-likeness (QED) is 0.595.